The van der Waals surface area contributed by atoms with Crippen LogP contribution >= 0.6 is 0 Å². The molecule has 1 aromatic carbocycles. The number of carbonyl (C=O) groups is 1. The summed E-state index contributed by atoms with van der Waals surface area (Å²) >= 11 is 0. The van der Waals surface area contributed by atoms with E-state index < -0.39 is 0 Å². The zero-order chi connectivity index (χ0) is 18.5. The highest BCUT2D eigenvalue weighted by Gasteiger charge is 2.46. The molecule has 4 heterocycles. The summed E-state index contributed by atoms with van der Waals surface area (Å²) in [6.07, 6.45) is 10.8. The van der Waals surface area contributed by atoms with E-state index >= 15 is 0 Å². The summed E-state index contributed by atoms with van der Waals surface area (Å²) in [5.41, 5.74) is 4.63. The molecule has 138 valence electrons. The lowest BCUT2D eigenvalue weighted by atomic mass is 9.74. The highest BCUT2D eigenvalue weighted by atomic mass is 16.2. The number of rotatable bonds is 2. The van der Waals surface area contributed by atoms with Crippen molar-refractivity contribution >= 4 is 17.4 Å². The molecule has 2 saturated heterocycles. The van der Waals surface area contributed by atoms with E-state index in [1.165, 1.54) is 0 Å². The molecule has 0 aliphatic carbocycles. The molecule has 6 heteroatoms. The van der Waals surface area contributed by atoms with Crippen LogP contribution in [0.1, 0.15) is 31.7 Å². The Morgan fingerprint density at radius 2 is 2.00 bits per heavy atom. The van der Waals surface area contributed by atoms with Gasteiger partial charge in [0.1, 0.15) is 0 Å². The first-order valence-corrected chi connectivity index (χ1v) is 9.57. The van der Waals surface area contributed by atoms with E-state index in [-0.39, 0.29) is 6.03 Å². The van der Waals surface area contributed by atoms with Crippen LogP contribution in [-0.4, -0.2) is 37.4 Å². The highest BCUT2D eigenvalue weighted by molar-refractivity contribution is 5.91. The van der Waals surface area contributed by atoms with Crippen molar-refractivity contribution in [3.63, 3.8) is 0 Å². The molecule has 0 saturated carbocycles. The summed E-state index contributed by atoms with van der Waals surface area (Å²) in [5, 5.41) is 3.10. The number of piperidine rings is 1. The zero-order valence-corrected chi connectivity index (χ0v) is 15.6. The maximum absolute atomic E-state index is 12.8. The molecular weight excluding hydrogens is 338 g/mol. The second kappa shape index (κ2) is 6.08. The monoisotopic (exact) mass is 361 g/mol. The lowest BCUT2D eigenvalue weighted by molar-refractivity contribution is -0.00600. The van der Waals surface area contributed by atoms with Crippen LogP contribution in [0.15, 0.2) is 43.0 Å². The van der Waals surface area contributed by atoms with Crippen LogP contribution in [0.4, 0.5) is 10.5 Å². The van der Waals surface area contributed by atoms with Gasteiger partial charge < -0.3 is 14.6 Å². The Morgan fingerprint density at radius 1 is 1.19 bits per heavy atom. The van der Waals surface area contributed by atoms with Gasteiger partial charge in [0.15, 0.2) is 5.65 Å². The van der Waals surface area contributed by atoms with Crippen LogP contribution in [0.2, 0.25) is 0 Å². The van der Waals surface area contributed by atoms with Crippen molar-refractivity contribution in [2.45, 2.75) is 45.2 Å². The number of carbonyl (C=O) groups excluding carboxylic acids is 1. The minimum atomic E-state index is 0.0240. The topological polar surface area (TPSA) is 62.5 Å². The molecule has 1 unspecified atom stereocenters. The van der Waals surface area contributed by atoms with Gasteiger partial charge in [0.25, 0.3) is 0 Å². The molecule has 2 amide bonds. The summed E-state index contributed by atoms with van der Waals surface area (Å²) in [4.78, 5) is 23.6. The Morgan fingerprint density at radius 3 is 2.81 bits per heavy atom. The van der Waals surface area contributed by atoms with Gasteiger partial charge in [-0.3, -0.25) is 4.98 Å². The Bertz CT molecular complexity index is 1010. The molecule has 0 radical (unpaired) electrons. The second-order valence-corrected chi connectivity index (χ2v) is 7.95. The number of anilines is 1. The first-order chi connectivity index (χ1) is 13.1. The summed E-state index contributed by atoms with van der Waals surface area (Å²) in [7, 11) is 0. The average molecular weight is 361 g/mol. The van der Waals surface area contributed by atoms with E-state index in [0.29, 0.717) is 12.1 Å². The summed E-state index contributed by atoms with van der Waals surface area (Å²) in [5.74, 6) is 0.730. The first-order valence-electron chi connectivity index (χ1n) is 9.57. The van der Waals surface area contributed by atoms with E-state index in [2.05, 4.69) is 29.1 Å². The number of nitrogens with zero attached hydrogens (tertiary/aromatic N) is 4. The molecule has 3 aromatic rings. The van der Waals surface area contributed by atoms with Gasteiger partial charge in [0, 0.05) is 41.9 Å². The normalized spacial score (nSPS) is 23.9. The second-order valence-electron chi connectivity index (χ2n) is 7.95. The third-order valence-electron chi connectivity index (χ3n) is 5.96. The van der Waals surface area contributed by atoms with E-state index in [0.717, 1.165) is 53.3 Å². The van der Waals surface area contributed by atoms with Gasteiger partial charge in [0.2, 0.25) is 0 Å². The van der Waals surface area contributed by atoms with Crippen LogP contribution < -0.4 is 5.32 Å². The predicted molar refractivity (Wildman–Crippen MR) is 105 cm³/mol. The van der Waals surface area contributed by atoms with E-state index in [4.69, 9.17) is 0 Å². The molecule has 6 nitrogen and oxygen atoms in total. The number of amides is 2. The Hall–Kier alpha value is -2.89. The van der Waals surface area contributed by atoms with Crippen molar-refractivity contribution < 1.29 is 4.79 Å². The lowest BCUT2D eigenvalue weighted by Crippen LogP contribution is -2.63. The van der Waals surface area contributed by atoms with Crippen molar-refractivity contribution in [1.82, 2.24) is 19.3 Å². The van der Waals surface area contributed by atoms with Gasteiger partial charge in [-0.2, -0.15) is 0 Å². The third kappa shape index (κ3) is 2.76. The van der Waals surface area contributed by atoms with Crippen molar-refractivity contribution in [3.05, 3.63) is 48.5 Å². The van der Waals surface area contributed by atoms with Gasteiger partial charge in [-0.25, -0.2) is 9.78 Å². The fraction of sp³-hybridized carbons (Fsp3) is 0.381. The van der Waals surface area contributed by atoms with Crippen LogP contribution in [-0.2, 0) is 0 Å². The quantitative estimate of drug-likeness (QED) is 0.747. The number of hydrogen-bond acceptors (Lipinski definition) is 3. The molecule has 2 aliphatic rings. The van der Waals surface area contributed by atoms with Crippen molar-refractivity contribution in [3.8, 4) is 11.3 Å². The number of aryl methyl sites for hydroxylation is 1. The fourth-order valence-electron chi connectivity index (χ4n) is 4.61. The average Bonchev–Trinajstić information content (AvgIpc) is 3.10. The SMILES string of the molecule is Cc1ccc(NC(=O)N2[C@@H]3CC(C)C[C@H]2C3)cc1-c1cn2ccnc2cn1. The minimum absolute atomic E-state index is 0.0240. The number of benzene rings is 1. The summed E-state index contributed by atoms with van der Waals surface area (Å²) in [6, 6.07) is 6.85. The van der Waals surface area contributed by atoms with Crippen LogP contribution in [0, 0.1) is 12.8 Å². The van der Waals surface area contributed by atoms with E-state index in [1.54, 1.807) is 12.4 Å². The Kier molecular flexibility index (Phi) is 3.67. The molecule has 3 atom stereocenters. The van der Waals surface area contributed by atoms with Crippen molar-refractivity contribution in [2.24, 2.45) is 5.92 Å². The van der Waals surface area contributed by atoms with Crippen molar-refractivity contribution in [1.29, 1.82) is 0 Å². The molecule has 1 N–H and O–H groups in total. The molecule has 0 spiro atoms. The number of fused-ring (bicyclic) bond motifs is 3. The summed E-state index contributed by atoms with van der Waals surface area (Å²) in [6.45, 7) is 4.34. The smallest absolute Gasteiger partial charge is 0.318 e. The van der Waals surface area contributed by atoms with Gasteiger partial charge in [-0.1, -0.05) is 13.0 Å². The third-order valence-corrected chi connectivity index (χ3v) is 5.96. The molecule has 2 fully saturated rings. The van der Waals surface area contributed by atoms with Crippen LogP contribution in [0.3, 0.4) is 0 Å². The first kappa shape index (κ1) is 16.3. The number of urea groups is 1. The largest absolute Gasteiger partial charge is 0.322 e. The van der Waals surface area contributed by atoms with E-state index in [1.807, 2.05) is 39.9 Å². The van der Waals surface area contributed by atoms with Crippen LogP contribution in [0.25, 0.3) is 16.9 Å². The molecule has 2 bridgehead atoms. The minimum Gasteiger partial charge on any atom is -0.318 e. The molecule has 5 rings (SSSR count). The van der Waals surface area contributed by atoms with Crippen molar-refractivity contribution in [2.75, 3.05) is 5.32 Å². The molecule has 2 aromatic heterocycles. The maximum Gasteiger partial charge on any atom is 0.322 e. The number of imidazole rings is 1. The number of aromatic nitrogens is 3. The van der Waals surface area contributed by atoms with Gasteiger partial charge in [-0.15, -0.1) is 0 Å². The van der Waals surface area contributed by atoms with Crippen LogP contribution in [0.5, 0.6) is 0 Å². The predicted octanol–water partition coefficient (Wildman–Crippen LogP) is 4.11. The van der Waals surface area contributed by atoms with Gasteiger partial charge in [0.05, 0.1) is 11.9 Å². The maximum atomic E-state index is 12.8. The Labute approximate surface area is 158 Å². The summed E-state index contributed by atoms with van der Waals surface area (Å²) < 4.78 is 1.95. The van der Waals surface area contributed by atoms with E-state index in [9.17, 15) is 4.79 Å². The number of nitrogens with one attached hydrogen (secondary N) is 1. The fourth-order valence-corrected chi connectivity index (χ4v) is 4.61. The Balaban J connectivity index is 1.39. The molecular formula is C21H23N5O. The molecule has 27 heavy (non-hydrogen) atoms. The zero-order valence-electron chi connectivity index (χ0n) is 15.6. The molecule has 2 aliphatic heterocycles. The van der Waals surface area contributed by atoms with Gasteiger partial charge in [-0.05, 0) is 49.8 Å². The van der Waals surface area contributed by atoms with Gasteiger partial charge >= 0.3 is 6.03 Å². The lowest BCUT2D eigenvalue weighted by Gasteiger charge is -2.54. The number of hydrogen-bond donors (Lipinski definition) is 1. The standard InChI is InChI=1S/C21H23N5O/c1-13-7-16-10-17(8-13)26(16)21(27)24-15-4-3-14(2)18(9-15)19-12-25-6-5-22-20(25)11-23-19/h3-6,9,11-13,16-17H,7-8,10H2,1-2H3,(H,24,27)/t13?,16-,17+. The highest BCUT2D eigenvalue weighted by Crippen LogP contribution is 2.41.